The third-order valence-electron chi connectivity index (χ3n) is 4.08. The molecule has 1 aliphatic carbocycles. The predicted octanol–water partition coefficient (Wildman–Crippen LogP) is 4.35. The van der Waals surface area contributed by atoms with Gasteiger partial charge >= 0.3 is 0 Å². The van der Waals surface area contributed by atoms with E-state index in [1.165, 1.54) is 18.4 Å². The molecule has 4 heteroatoms. The Labute approximate surface area is 150 Å². The minimum absolute atomic E-state index is 0.0984. The lowest BCUT2D eigenvalue weighted by Crippen LogP contribution is -2.32. The Morgan fingerprint density at radius 1 is 1.22 bits per heavy atom. The van der Waals surface area contributed by atoms with E-state index in [4.69, 9.17) is 4.74 Å². The summed E-state index contributed by atoms with van der Waals surface area (Å²) < 4.78 is 6.24. The molecule has 2 aromatic rings. The van der Waals surface area contributed by atoms with Gasteiger partial charge in [-0.15, -0.1) is 0 Å². The first kappa shape index (κ1) is 16.3. The molecule has 2 aromatic carbocycles. The molecule has 0 unspecified atom stereocenters. The molecular formula is C19H20INO2. The van der Waals surface area contributed by atoms with Gasteiger partial charge in [0.2, 0.25) is 0 Å². The number of ether oxygens (including phenoxy) is 1. The Morgan fingerprint density at radius 3 is 2.57 bits per heavy atom. The topological polar surface area (TPSA) is 29.5 Å². The summed E-state index contributed by atoms with van der Waals surface area (Å²) in [5.74, 6) is 1.57. The Bertz CT molecular complexity index is 683. The van der Waals surface area contributed by atoms with Crippen LogP contribution in [-0.2, 0) is 6.54 Å². The molecule has 23 heavy (non-hydrogen) atoms. The van der Waals surface area contributed by atoms with Crippen molar-refractivity contribution in [1.29, 1.82) is 0 Å². The zero-order valence-corrected chi connectivity index (χ0v) is 15.3. The van der Waals surface area contributed by atoms with Crippen molar-refractivity contribution in [1.82, 2.24) is 4.90 Å². The fraction of sp³-hybridized carbons (Fsp3) is 0.316. The van der Waals surface area contributed by atoms with Gasteiger partial charge in [0, 0.05) is 18.7 Å². The second-order valence-electron chi connectivity index (χ2n) is 5.96. The van der Waals surface area contributed by atoms with Gasteiger partial charge < -0.3 is 9.64 Å². The smallest absolute Gasteiger partial charge is 0.254 e. The molecule has 1 fully saturated rings. The SMILES string of the molecule is COc1ccc(C(=O)N(Cc2ccccc2)CC2CC2)cc1I. The number of hydrogen-bond donors (Lipinski definition) is 0. The van der Waals surface area contributed by atoms with Crippen LogP contribution in [0.25, 0.3) is 0 Å². The van der Waals surface area contributed by atoms with E-state index in [2.05, 4.69) is 34.7 Å². The zero-order valence-electron chi connectivity index (χ0n) is 13.2. The van der Waals surface area contributed by atoms with E-state index in [1.54, 1.807) is 7.11 Å². The van der Waals surface area contributed by atoms with Crippen LogP contribution in [-0.4, -0.2) is 24.5 Å². The number of carbonyl (C=O) groups is 1. The maximum absolute atomic E-state index is 12.9. The van der Waals surface area contributed by atoms with Crippen molar-refractivity contribution in [3.63, 3.8) is 0 Å². The van der Waals surface area contributed by atoms with Crippen LogP contribution in [0.2, 0.25) is 0 Å². The lowest BCUT2D eigenvalue weighted by Gasteiger charge is -2.23. The van der Waals surface area contributed by atoms with Gasteiger partial charge in [-0.05, 0) is 65.1 Å². The third-order valence-corrected chi connectivity index (χ3v) is 4.92. The van der Waals surface area contributed by atoms with Crippen LogP contribution in [0.1, 0.15) is 28.8 Å². The molecule has 0 atom stereocenters. The first-order chi connectivity index (χ1) is 11.2. The molecule has 1 saturated carbocycles. The quantitative estimate of drug-likeness (QED) is 0.650. The number of rotatable bonds is 6. The average molecular weight is 421 g/mol. The summed E-state index contributed by atoms with van der Waals surface area (Å²) in [5, 5.41) is 0. The second-order valence-corrected chi connectivity index (χ2v) is 7.13. The molecule has 3 rings (SSSR count). The Kier molecular flexibility index (Phi) is 5.20. The molecule has 0 spiro atoms. The minimum Gasteiger partial charge on any atom is -0.496 e. The average Bonchev–Trinajstić information content (AvgIpc) is 3.38. The predicted molar refractivity (Wildman–Crippen MR) is 99.6 cm³/mol. The summed E-state index contributed by atoms with van der Waals surface area (Å²) in [6.45, 7) is 1.51. The number of halogens is 1. The van der Waals surface area contributed by atoms with Crippen molar-refractivity contribution in [2.45, 2.75) is 19.4 Å². The molecule has 0 heterocycles. The van der Waals surface area contributed by atoms with Crippen LogP contribution in [0.3, 0.4) is 0 Å². The van der Waals surface area contributed by atoms with E-state index < -0.39 is 0 Å². The van der Waals surface area contributed by atoms with Gasteiger partial charge in [0.15, 0.2) is 0 Å². The monoisotopic (exact) mass is 421 g/mol. The van der Waals surface area contributed by atoms with Crippen LogP contribution in [0.5, 0.6) is 5.75 Å². The Hall–Kier alpha value is -1.56. The maximum Gasteiger partial charge on any atom is 0.254 e. The molecule has 0 saturated heterocycles. The lowest BCUT2D eigenvalue weighted by molar-refractivity contribution is 0.0735. The van der Waals surface area contributed by atoms with Gasteiger partial charge in [0.25, 0.3) is 5.91 Å². The third kappa shape index (κ3) is 4.25. The van der Waals surface area contributed by atoms with Gasteiger partial charge in [-0.3, -0.25) is 4.79 Å². The van der Waals surface area contributed by atoms with Crippen LogP contribution in [0.15, 0.2) is 48.5 Å². The van der Waals surface area contributed by atoms with Crippen LogP contribution in [0, 0.1) is 9.49 Å². The van der Waals surface area contributed by atoms with E-state index in [9.17, 15) is 4.79 Å². The number of benzene rings is 2. The second kappa shape index (κ2) is 7.34. The molecular weight excluding hydrogens is 401 g/mol. The molecule has 1 aliphatic rings. The normalized spacial score (nSPS) is 13.7. The molecule has 3 nitrogen and oxygen atoms in total. The van der Waals surface area contributed by atoms with Crippen LogP contribution < -0.4 is 4.74 Å². The summed E-state index contributed by atoms with van der Waals surface area (Å²) >= 11 is 2.21. The van der Waals surface area contributed by atoms with Crippen LogP contribution in [0.4, 0.5) is 0 Å². The standard InChI is InChI=1S/C19H20INO2/c1-23-18-10-9-16(11-17(18)20)19(22)21(13-15-7-8-15)12-14-5-3-2-4-6-14/h2-6,9-11,15H,7-8,12-13H2,1H3. The summed E-state index contributed by atoms with van der Waals surface area (Å²) in [7, 11) is 1.65. The van der Waals surface area contributed by atoms with E-state index in [1.807, 2.05) is 41.3 Å². The van der Waals surface area contributed by atoms with Gasteiger partial charge in [-0.1, -0.05) is 30.3 Å². The van der Waals surface area contributed by atoms with Crippen molar-refractivity contribution in [2.75, 3.05) is 13.7 Å². The van der Waals surface area contributed by atoms with Crippen molar-refractivity contribution in [3.8, 4) is 5.75 Å². The van der Waals surface area contributed by atoms with E-state index in [-0.39, 0.29) is 5.91 Å². The Morgan fingerprint density at radius 2 is 1.96 bits per heavy atom. The number of hydrogen-bond acceptors (Lipinski definition) is 2. The van der Waals surface area contributed by atoms with E-state index in [0.29, 0.717) is 12.5 Å². The number of amides is 1. The van der Waals surface area contributed by atoms with Gasteiger partial charge in [0.05, 0.1) is 10.7 Å². The lowest BCUT2D eigenvalue weighted by atomic mass is 10.1. The first-order valence-corrected chi connectivity index (χ1v) is 8.92. The van der Waals surface area contributed by atoms with Gasteiger partial charge in [-0.2, -0.15) is 0 Å². The molecule has 1 amide bonds. The molecule has 120 valence electrons. The van der Waals surface area contributed by atoms with Crippen molar-refractivity contribution in [3.05, 3.63) is 63.2 Å². The highest BCUT2D eigenvalue weighted by Crippen LogP contribution is 2.31. The first-order valence-electron chi connectivity index (χ1n) is 7.84. The highest BCUT2D eigenvalue weighted by Gasteiger charge is 2.27. The summed E-state index contributed by atoms with van der Waals surface area (Å²) in [5.41, 5.74) is 1.90. The molecule has 0 aliphatic heterocycles. The summed E-state index contributed by atoms with van der Waals surface area (Å²) in [4.78, 5) is 14.9. The van der Waals surface area contributed by atoms with E-state index in [0.717, 1.165) is 21.4 Å². The zero-order chi connectivity index (χ0) is 16.2. The fourth-order valence-electron chi connectivity index (χ4n) is 2.62. The number of methoxy groups -OCH3 is 1. The van der Waals surface area contributed by atoms with Gasteiger partial charge in [-0.25, -0.2) is 0 Å². The van der Waals surface area contributed by atoms with E-state index >= 15 is 0 Å². The maximum atomic E-state index is 12.9. The largest absolute Gasteiger partial charge is 0.496 e. The Balaban J connectivity index is 1.80. The highest BCUT2D eigenvalue weighted by atomic mass is 127. The number of carbonyl (C=O) groups excluding carboxylic acids is 1. The molecule has 0 bridgehead atoms. The fourth-order valence-corrected chi connectivity index (χ4v) is 3.35. The summed E-state index contributed by atoms with van der Waals surface area (Å²) in [6.07, 6.45) is 2.47. The van der Waals surface area contributed by atoms with Crippen molar-refractivity contribution >= 4 is 28.5 Å². The highest BCUT2D eigenvalue weighted by molar-refractivity contribution is 14.1. The van der Waals surface area contributed by atoms with Crippen molar-refractivity contribution < 1.29 is 9.53 Å². The van der Waals surface area contributed by atoms with Gasteiger partial charge in [0.1, 0.15) is 5.75 Å². The number of nitrogens with zero attached hydrogens (tertiary/aromatic N) is 1. The van der Waals surface area contributed by atoms with Crippen LogP contribution >= 0.6 is 22.6 Å². The molecule has 0 N–H and O–H groups in total. The summed E-state index contributed by atoms with van der Waals surface area (Å²) in [6, 6.07) is 15.8. The minimum atomic E-state index is 0.0984. The van der Waals surface area contributed by atoms with Crippen molar-refractivity contribution in [2.24, 2.45) is 5.92 Å². The molecule has 0 radical (unpaired) electrons. The molecule has 0 aromatic heterocycles.